The van der Waals surface area contributed by atoms with Crippen molar-refractivity contribution in [3.63, 3.8) is 0 Å². The smallest absolute Gasteiger partial charge is 0.311 e. The highest BCUT2D eigenvalue weighted by atomic mass is 16.6. The molecule has 1 aliphatic rings. The summed E-state index contributed by atoms with van der Waals surface area (Å²) in [6, 6.07) is 3.26. The van der Waals surface area contributed by atoms with Crippen molar-refractivity contribution < 1.29 is 4.92 Å². The van der Waals surface area contributed by atoms with E-state index in [1.807, 2.05) is 0 Å². The molecule has 1 fully saturated rings. The van der Waals surface area contributed by atoms with Gasteiger partial charge in [0.2, 0.25) is 5.82 Å². The third-order valence-electron chi connectivity index (χ3n) is 3.58. The Morgan fingerprint density at radius 3 is 2.71 bits per heavy atom. The summed E-state index contributed by atoms with van der Waals surface area (Å²) in [6.45, 7) is 6.67. The Kier molecular flexibility index (Phi) is 5.36. The SMILES string of the molecule is CCCNc1ccc([N+](=O)[O-])c(N(CCC)CC2CC2)n1. The summed E-state index contributed by atoms with van der Waals surface area (Å²) in [7, 11) is 0. The van der Waals surface area contributed by atoms with E-state index in [0.29, 0.717) is 17.6 Å². The van der Waals surface area contributed by atoms with Gasteiger partial charge in [0.25, 0.3) is 0 Å². The van der Waals surface area contributed by atoms with Gasteiger partial charge in [-0.25, -0.2) is 4.98 Å². The van der Waals surface area contributed by atoms with Crippen molar-refractivity contribution in [2.75, 3.05) is 29.9 Å². The number of anilines is 2. The lowest BCUT2D eigenvalue weighted by Gasteiger charge is -2.23. The molecule has 0 unspecified atom stereocenters. The molecule has 0 spiro atoms. The zero-order valence-corrected chi connectivity index (χ0v) is 12.8. The molecular formula is C15H24N4O2. The van der Waals surface area contributed by atoms with Gasteiger partial charge in [0, 0.05) is 25.7 Å². The predicted molar refractivity (Wildman–Crippen MR) is 84.9 cm³/mol. The molecule has 21 heavy (non-hydrogen) atoms. The molecule has 1 aromatic heterocycles. The molecule has 6 nitrogen and oxygen atoms in total. The van der Waals surface area contributed by atoms with Gasteiger partial charge in [-0.2, -0.15) is 0 Å². The zero-order valence-electron chi connectivity index (χ0n) is 12.8. The number of pyridine rings is 1. The van der Waals surface area contributed by atoms with Gasteiger partial charge in [-0.05, 0) is 37.7 Å². The lowest BCUT2D eigenvalue weighted by Crippen LogP contribution is -2.28. The summed E-state index contributed by atoms with van der Waals surface area (Å²) in [5.74, 6) is 1.90. The molecule has 0 amide bonds. The van der Waals surface area contributed by atoms with Gasteiger partial charge in [0.05, 0.1) is 4.92 Å². The Bertz CT molecular complexity index is 489. The van der Waals surface area contributed by atoms with Crippen LogP contribution in [0.25, 0.3) is 0 Å². The first-order valence-corrected chi connectivity index (χ1v) is 7.80. The van der Waals surface area contributed by atoms with E-state index in [1.165, 1.54) is 12.8 Å². The van der Waals surface area contributed by atoms with Crippen LogP contribution in [0, 0.1) is 16.0 Å². The highest BCUT2D eigenvalue weighted by Gasteiger charge is 2.28. The van der Waals surface area contributed by atoms with Gasteiger partial charge in [0.15, 0.2) is 0 Å². The quantitative estimate of drug-likeness (QED) is 0.557. The van der Waals surface area contributed by atoms with E-state index >= 15 is 0 Å². The summed E-state index contributed by atoms with van der Waals surface area (Å²) < 4.78 is 0. The molecule has 116 valence electrons. The second-order valence-corrected chi connectivity index (χ2v) is 5.61. The molecule has 6 heteroatoms. The normalized spacial score (nSPS) is 14.0. The Morgan fingerprint density at radius 1 is 1.38 bits per heavy atom. The molecule has 2 rings (SSSR count). The van der Waals surface area contributed by atoms with Crippen LogP contribution in [0.3, 0.4) is 0 Å². The maximum absolute atomic E-state index is 11.3. The molecular weight excluding hydrogens is 268 g/mol. The summed E-state index contributed by atoms with van der Waals surface area (Å²) in [5.41, 5.74) is 0.103. The zero-order chi connectivity index (χ0) is 15.2. The van der Waals surface area contributed by atoms with Gasteiger partial charge >= 0.3 is 5.69 Å². The lowest BCUT2D eigenvalue weighted by atomic mass is 10.3. The molecule has 0 atom stereocenters. The number of nitro groups is 1. The van der Waals surface area contributed by atoms with E-state index in [4.69, 9.17) is 0 Å². The number of hydrogen-bond donors (Lipinski definition) is 1. The molecule has 1 saturated carbocycles. The van der Waals surface area contributed by atoms with E-state index in [-0.39, 0.29) is 10.6 Å². The fraction of sp³-hybridized carbons (Fsp3) is 0.667. The number of nitrogens with zero attached hydrogens (tertiary/aromatic N) is 3. The average molecular weight is 292 g/mol. The topological polar surface area (TPSA) is 71.3 Å². The maximum Gasteiger partial charge on any atom is 0.311 e. The fourth-order valence-corrected chi connectivity index (χ4v) is 2.33. The Labute approximate surface area is 125 Å². The number of nitrogens with one attached hydrogen (secondary N) is 1. The van der Waals surface area contributed by atoms with Crippen LogP contribution in [0.5, 0.6) is 0 Å². The minimum atomic E-state index is -0.332. The van der Waals surface area contributed by atoms with Gasteiger partial charge in [-0.1, -0.05) is 13.8 Å². The van der Waals surface area contributed by atoms with E-state index in [1.54, 1.807) is 12.1 Å². The van der Waals surface area contributed by atoms with Crippen LogP contribution in [0.4, 0.5) is 17.3 Å². The minimum absolute atomic E-state index is 0.103. The summed E-state index contributed by atoms with van der Waals surface area (Å²) in [6.07, 6.45) is 4.40. The van der Waals surface area contributed by atoms with Crippen LogP contribution in [-0.2, 0) is 0 Å². The van der Waals surface area contributed by atoms with Crippen LogP contribution >= 0.6 is 0 Å². The van der Waals surface area contributed by atoms with E-state index in [9.17, 15) is 10.1 Å². The third kappa shape index (κ3) is 4.31. The number of hydrogen-bond acceptors (Lipinski definition) is 5. The van der Waals surface area contributed by atoms with Crippen molar-refractivity contribution in [1.29, 1.82) is 0 Å². The van der Waals surface area contributed by atoms with Crippen LogP contribution in [0.1, 0.15) is 39.5 Å². The van der Waals surface area contributed by atoms with Crippen LogP contribution in [0.2, 0.25) is 0 Å². The minimum Gasteiger partial charge on any atom is -0.370 e. The second-order valence-electron chi connectivity index (χ2n) is 5.61. The number of aromatic nitrogens is 1. The molecule has 0 aromatic carbocycles. The lowest BCUT2D eigenvalue weighted by molar-refractivity contribution is -0.384. The van der Waals surface area contributed by atoms with Crippen molar-refractivity contribution in [2.24, 2.45) is 5.92 Å². The average Bonchev–Trinajstić information content (AvgIpc) is 3.28. The Morgan fingerprint density at radius 2 is 2.14 bits per heavy atom. The van der Waals surface area contributed by atoms with Crippen molar-refractivity contribution in [3.8, 4) is 0 Å². The Balaban J connectivity index is 2.27. The number of rotatable bonds is 9. The molecule has 0 saturated heterocycles. The van der Waals surface area contributed by atoms with E-state index in [2.05, 4.69) is 29.0 Å². The summed E-state index contributed by atoms with van der Waals surface area (Å²) in [5, 5.41) is 14.5. The van der Waals surface area contributed by atoms with Crippen molar-refractivity contribution in [2.45, 2.75) is 39.5 Å². The first-order valence-electron chi connectivity index (χ1n) is 7.80. The third-order valence-corrected chi connectivity index (χ3v) is 3.58. The van der Waals surface area contributed by atoms with Gasteiger partial charge in [0.1, 0.15) is 5.82 Å². The molecule has 1 aromatic rings. The highest BCUT2D eigenvalue weighted by molar-refractivity contribution is 5.62. The molecule has 1 N–H and O–H groups in total. The molecule has 0 radical (unpaired) electrons. The monoisotopic (exact) mass is 292 g/mol. The van der Waals surface area contributed by atoms with E-state index < -0.39 is 0 Å². The molecule has 1 aliphatic carbocycles. The Hall–Kier alpha value is -1.85. The second kappa shape index (κ2) is 7.24. The highest BCUT2D eigenvalue weighted by Crippen LogP contribution is 2.34. The summed E-state index contributed by atoms with van der Waals surface area (Å²) >= 11 is 0. The van der Waals surface area contributed by atoms with Crippen molar-refractivity contribution >= 4 is 17.3 Å². The molecule has 0 aliphatic heterocycles. The standard InChI is InChI=1S/C15H24N4O2/c1-3-9-16-14-8-7-13(19(20)21)15(17-14)18(10-4-2)11-12-5-6-12/h7-8,12H,3-6,9-11H2,1-2H3,(H,16,17). The van der Waals surface area contributed by atoms with Crippen LogP contribution in [0.15, 0.2) is 12.1 Å². The molecule has 1 heterocycles. The van der Waals surface area contributed by atoms with Gasteiger partial charge < -0.3 is 10.2 Å². The predicted octanol–water partition coefficient (Wildman–Crippen LogP) is 3.44. The first kappa shape index (κ1) is 15.5. The van der Waals surface area contributed by atoms with Crippen molar-refractivity contribution in [1.82, 2.24) is 4.98 Å². The van der Waals surface area contributed by atoms with Gasteiger partial charge in [-0.15, -0.1) is 0 Å². The summed E-state index contributed by atoms with van der Waals surface area (Å²) in [4.78, 5) is 17.5. The molecule has 0 bridgehead atoms. The maximum atomic E-state index is 11.3. The largest absolute Gasteiger partial charge is 0.370 e. The van der Waals surface area contributed by atoms with E-state index in [0.717, 1.165) is 32.5 Å². The first-order chi connectivity index (χ1) is 10.2. The van der Waals surface area contributed by atoms with Gasteiger partial charge in [-0.3, -0.25) is 10.1 Å². The fourth-order valence-electron chi connectivity index (χ4n) is 2.33. The van der Waals surface area contributed by atoms with Crippen LogP contribution in [-0.4, -0.2) is 29.5 Å². The van der Waals surface area contributed by atoms with Crippen molar-refractivity contribution in [3.05, 3.63) is 22.2 Å². The van der Waals surface area contributed by atoms with Crippen LogP contribution < -0.4 is 10.2 Å².